The van der Waals surface area contributed by atoms with Gasteiger partial charge in [0.25, 0.3) is 0 Å². The zero-order valence-electron chi connectivity index (χ0n) is 15.1. The lowest BCUT2D eigenvalue weighted by Crippen LogP contribution is -2.28. The van der Waals surface area contributed by atoms with Crippen LogP contribution in [-0.2, 0) is 14.6 Å². The molecule has 3 aromatic rings. The summed E-state index contributed by atoms with van der Waals surface area (Å²) >= 11 is 0. The Bertz CT molecular complexity index is 1090. The van der Waals surface area contributed by atoms with E-state index in [1.807, 2.05) is 0 Å². The number of H-pyrrole nitrogens is 1. The van der Waals surface area contributed by atoms with Gasteiger partial charge in [0.1, 0.15) is 5.52 Å². The van der Waals surface area contributed by atoms with E-state index in [9.17, 15) is 8.42 Å². The highest BCUT2D eigenvalue weighted by Crippen LogP contribution is 2.24. The first kappa shape index (κ1) is 18.4. The molecule has 4 rings (SSSR count). The van der Waals surface area contributed by atoms with Crippen LogP contribution in [0.1, 0.15) is 12.8 Å². The highest BCUT2D eigenvalue weighted by atomic mass is 32.2. The quantitative estimate of drug-likeness (QED) is 0.577. The molecular weight excluding hydrogens is 380 g/mol. The van der Waals surface area contributed by atoms with E-state index >= 15 is 0 Å². The number of imidazole rings is 1. The molecule has 0 saturated carbocycles. The van der Waals surface area contributed by atoms with E-state index in [4.69, 9.17) is 4.74 Å². The Morgan fingerprint density at radius 1 is 1.18 bits per heavy atom. The third-order valence-corrected chi connectivity index (χ3v) is 5.87. The third-order valence-electron chi connectivity index (χ3n) is 4.51. The predicted molar refractivity (Wildman–Crippen MR) is 106 cm³/mol. The average molecular weight is 400 g/mol. The fourth-order valence-electron chi connectivity index (χ4n) is 2.98. The normalized spacial score (nSPS) is 15.4. The Labute approximate surface area is 162 Å². The van der Waals surface area contributed by atoms with E-state index in [1.54, 1.807) is 18.5 Å². The second kappa shape index (κ2) is 7.56. The van der Waals surface area contributed by atoms with Gasteiger partial charge in [0.05, 0.1) is 11.2 Å². The maximum Gasteiger partial charge on any atom is 0.231 e. The molecule has 0 spiro atoms. The average Bonchev–Trinajstić information content (AvgIpc) is 3.18. The van der Waals surface area contributed by atoms with Gasteiger partial charge in [-0.1, -0.05) is 6.58 Å². The molecule has 28 heavy (non-hydrogen) atoms. The van der Waals surface area contributed by atoms with E-state index in [0.717, 1.165) is 37.0 Å². The highest BCUT2D eigenvalue weighted by Gasteiger charge is 2.17. The summed E-state index contributed by atoms with van der Waals surface area (Å²) < 4.78 is 29.1. The molecule has 1 saturated heterocycles. The van der Waals surface area contributed by atoms with E-state index in [2.05, 4.69) is 37.1 Å². The van der Waals surface area contributed by atoms with Crippen LogP contribution in [0.3, 0.4) is 0 Å². The standard InChI is InChI=1S/C18H20N6O3S/c1-2-28(25,26)14-5-3-12(4-6-14)22-18-23-16-15(19-11-20-16)17(24-18)21-13-7-9-27-10-8-13/h2-6,11,13H,1,7-10H2,(H3,19,20,21,22,23,24). The number of hydrogen-bond donors (Lipinski definition) is 3. The molecule has 1 fully saturated rings. The summed E-state index contributed by atoms with van der Waals surface area (Å²) in [6, 6.07) is 6.59. The molecule has 9 nitrogen and oxygen atoms in total. The van der Waals surface area contributed by atoms with Gasteiger partial charge >= 0.3 is 0 Å². The first-order chi connectivity index (χ1) is 13.5. The Morgan fingerprint density at radius 3 is 2.64 bits per heavy atom. The second-order valence-electron chi connectivity index (χ2n) is 6.39. The van der Waals surface area contributed by atoms with Crippen molar-refractivity contribution in [1.29, 1.82) is 0 Å². The van der Waals surface area contributed by atoms with Crippen molar-refractivity contribution in [3.05, 3.63) is 42.6 Å². The molecule has 1 aliphatic heterocycles. The summed E-state index contributed by atoms with van der Waals surface area (Å²) in [4.78, 5) is 16.5. The predicted octanol–water partition coefficient (Wildman–Crippen LogP) is 2.60. The van der Waals surface area contributed by atoms with Gasteiger partial charge in [-0.15, -0.1) is 0 Å². The maximum atomic E-state index is 11.8. The Morgan fingerprint density at radius 2 is 1.93 bits per heavy atom. The van der Waals surface area contributed by atoms with Gasteiger partial charge in [-0.05, 0) is 37.1 Å². The van der Waals surface area contributed by atoms with Crippen molar-refractivity contribution in [1.82, 2.24) is 19.9 Å². The van der Waals surface area contributed by atoms with Gasteiger partial charge in [-0.2, -0.15) is 9.97 Å². The molecule has 0 aliphatic carbocycles. The van der Waals surface area contributed by atoms with Crippen LogP contribution < -0.4 is 10.6 Å². The van der Waals surface area contributed by atoms with Crippen molar-refractivity contribution in [3.63, 3.8) is 0 Å². The van der Waals surface area contributed by atoms with Crippen molar-refractivity contribution in [2.45, 2.75) is 23.8 Å². The first-order valence-electron chi connectivity index (χ1n) is 8.85. The Balaban J connectivity index is 1.59. The van der Waals surface area contributed by atoms with Crippen molar-refractivity contribution in [2.24, 2.45) is 0 Å². The van der Waals surface area contributed by atoms with Crippen LogP contribution in [0.25, 0.3) is 11.2 Å². The van der Waals surface area contributed by atoms with Crippen LogP contribution in [0.2, 0.25) is 0 Å². The fourth-order valence-corrected chi connectivity index (χ4v) is 3.69. The number of aromatic nitrogens is 4. The molecule has 0 atom stereocenters. The topological polar surface area (TPSA) is 122 Å². The summed E-state index contributed by atoms with van der Waals surface area (Å²) in [5, 5.41) is 7.47. The van der Waals surface area contributed by atoms with Gasteiger partial charge < -0.3 is 20.4 Å². The van der Waals surface area contributed by atoms with Crippen molar-refractivity contribution < 1.29 is 13.2 Å². The molecular formula is C18H20N6O3S. The molecule has 1 aliphatic rings. The number of nitrogens with zero attached hydrogens (tertiary/aromatic N) is 3. The molecule has 146 valence electrons. The number of ether oxygens (including phenoxy) is 1. The van der Waals surface area contributed by atoms with Gasteiger partial charge in [-0.25, -0.2) is 13.4 Å². The van der Waals surface area contributed by atoms with Gasteiger partial charge in [0, 0.05) is 30.4 Å². The summed E-state index contributed by atoms with van der Waals surface area (Å²) in [5.74, 6) is 1.04. The number of aromatic amines is 1. The van der Waals surface area contributed by atoms with Crippen LogP contribution in [0, 0.1) is 0 Å². The van der Waals surface area contributed by atoms with Crippen LogP contribution in [0.5, 0.6) is 0 Å². The zero-order valence-corrected chi connectivity index (χ0v) is 15.9. The minimum Gasteiger partial charge on any atom is -0.381 e. The summed E-state index contributed by atoms with van der Waals surface area (Å²) in [6.07, 6.45) is 3.39. The second-order valence-corrected chi connectivity index (χ2v) is 8.28. The molecule has 2 aromatic heterocycles. The van der Waals surface area contributed by atoms with Crippen molar-refractivity contribution in [3.8, 4) is 0 Å². The molecule has 1 aromatic carbocycles. The van der Waals surface area contributed by atoms with Crippen LogP contribution in [0.4, 0.5) is 17.5 Å². The summed E-state index contributed by atoms with van der Waals surface area (Å²) in [7, 11) is -3.46. The number of nitrogens with one attached hydrogen (secondary N) is 3. The fraction of sp³-hybridized carbons (Fsp3) is 0.278. The largest absolute Gasteiger partial charge is 0.381 e. The van der Waals surface area contributed by atoms with Gasteiger partial charge in [0.2, 0.25) is 5.95 Å². The molecule has 0 bridgehead atoms. The number of anilines is 3. The summed E-state index contributed by atoms with van der Waals surface area (Å²) in [6.45, 7) is 4.78. The monoisotopic (exact) mass is 400 g/mol. The van der Waals surface area contributed by atoms with Gasteiger partial charge in [0.15, 0.2) is 21.3 Å². The Kier molecular flexibility index (Phi) is 4.97. The van der Waals surface area contributed by atoms with Crippen LogP contribution in [0.15, 0.2) is 47.5 Å². The van der Waals surface area contributed by atoms with Crippen LogP contribution >= 0.6 is 0 Å². The smallest absolute Gasteiger partial charge is 0.231 e. The van der Waals surface area contributed by atoms with E-state index < -0.39 is 9.84 Å². The van der Waals surface area contributed by atoms with E-state index in [1.165, 1.54) is 12.1 Å². The van der Waals surface area contributed by atoms with Crippen molar-refractivity contribution >= 4 is 38.5 Å². The first-order valence-corrected chi connectivity index (χ1v) is 10.4. The SMILES string of the molecule is C=CS(=O)(=O)c1ccc(Nc2nc(NC3CCOCC3)c3[nH]cnc3n2)cc1. The third kappa shape index (κ3) is 3.82. The zero-order chi connectivity index (χ0) is 19.6. The summed E-state index contributed by atoms with van der Waals surface area (Å²) in [5.41, 5.74) is 1.94. The van der Waals surface area contributed by atoms with Crippen molar-refractivity contribution in [2.75, 3.05) is 23.8 Å². The lowest BCUT2D eigenvalue weighted by molar-refractivity contribution is 0.0904. The van der Waals surface area contributed by atoms with E-state index in [-0.39, 0.29) is 10.9 Å². The molecule has 3 N–H and O–H groups in total. The molecule has 0 amide bonds. The van der Waals surface area contributed by atoms with Crippen LogP contribution in [-0.4, -0.2) is 47.6 Å². The highest BCUT2D eigenvalue weighted by molar-refractivity contribution is 7.94. The lowest BCUT2D eigenvalue weighted by Gasteiger charge is -2.23. The number of rotatable bonds is 6. The lowest BCUT2D eigenvalue weighted by atomic mass is 10.1. The minimum atomic E-state index is -3.46. The number of hydrogen-bond acceptors (Lipinski definition) is 8. The number of sulfone groups is 1. The molecule has 3 heterocycles. The van der Waals surface area contributed by atoms with Gasteiger partial charge in [-0.3, -0.25) is 0 Å². The molecule has 10 heteroatoms. The Hall–Kier alpha value is -2.98. The van der Waals surface area contributed by atoms with E-state index in [0.29, 0.717) is 23.1 Å². The number of fused-ring (bicyclic) bond motifs is 1. The minimum absolute atomic E-state index is 0.179. The molecule has 0 radical (unpaired) electrons. The number of benzene rings is 1. The molecule has 0 unspecified atom stereocenters. The maximum absolute atomic E-state index is 11.8.